The molecule has 1 amide bonds. The summed E-state index contributed by atoms with van der Waals surface area (Å²) in [5, 5.41) is 11.5. The largest absolute Gasteiger partial charge is 0.394 e. The molecular weight excluding hydrogens is 194 g/mol. The summed E-state index contributed by atoms with van der Waals surface area (Å²) in [6, 6.07) is 0.130. The molecule has 0 aromatic rings. The molecule has 1 aliphatic heterocycles. The van der Waals surface area contributed by atoms with Crippen LogP contribution in [-0.2, 0) is 4.79 Å². The van der Waals surface area contributed by atoms with Crippen LogP contribution in [0.5, 0.6) is 0 Å². The molecule has 5 heteroatoms. The Kier molecular flexibility index (Phi) is 5.01. The number of nitrogens with one attached hydrogen (secondary N) is 1. The zero-order valence-corrected chi connectivity index (χ0v) is 9.28. The average molecular weight is 215 g/mol. The topological polar surface area (TPSA) is 78.6 Å². The zero-order valence-electron chi connectivity index (χ0n) is 9.28. The minimum absolute atomic E-state index is 0.0172. The SMILES string of the molecule is C[C@@H](CO)NC(=O)CN1CCC(N)CC1. The molecule has 0 aliphatic carbocycles. The average Bonchev–Trinajstić information content (AvgIpc) is 2.21. The molecule has 0 spiro atoms. The van der Waals surface area contributed by atoms with Gasteiger partial charge in [0.15, 0.2) is 0 Å². The highest BCUT2D eigenvalue weighted by Gasteiger charge is 2.18. The van der Waals surface area contributed by atoms with E-state index in [2.05, 4.69) is 10.2 Å². The minimum Gasteiger partial charge on any atom is -0.394 e. The van der Waals surface area contributed by atoms with Crippen LogP contribution in [0, 0.1) is 0 Å². The predicted octanol–water partition coefficient (Wildman–Crippen LogP) is -1.09. The van der Waals surface area contributed by atoms with Gasteiger partial charge in [0.1, 0.15) is 0 Å². The molecule has 0 bridgehead atoms. The molecular formula is C10H21N3O2. The summed E-state index contributed by atoms with van der Waals surface area (Å²) in [5.74, 6) is -0.0213. The maximum absolute atomic E-state index is 11.5. The van der Waals surface area contributed by atoms with Gasteiger partial charge in [-0.2, -0.15) is 0 Å². The van der Waals surface area contributed by atoms with E-state index in [-0.39, 0.29) is 18.6 Å². The van der Waals surface area contributed by atoms with Gasteiger partial charge in [0.2, 0.25) is 5.91 Å². The Morgan fingerprint density at radius 1 is 1.60 bits per heavy atom. The fourth-order valence-corrected chi connectivity index (χ4v) is 1.68. The Morgan fingerprint density at radius 3 is 2.73 bits per heavy atom. The Morgan fingerprint density at radius 2 is 2.20 bits per heavy atom. The van der Waals surface area contributed by atoms with E-state index in [1.165, 1.54) is 0 Å². The van der Waals surface area contributed by atoms with Crippen LogP contribution in [-0.4, -0.2) is 54.2 Å². The zero-order chi connectivity index (χ0) is 11.3. The second kappa shape index (κ2) is 6.05. The Bertz CT molecular complexity index is 203. The summed E-state index contributed by atoms with van der Waals surface area (Å²) in [6.45, 7) is 3.96. The van der Waals surface area contributed by atoms with Crippen molar-refractivity contribution in [3.8, 4) is 0 Å². The molecule has 1 aliphatic rings. The molecule has 0 saturated carbocycles. The van der Waals surface area contributed by atoms with Gasteiger partial charge >= 0.3 is 0 Å². The third-order valence-electron chi connectivity index (χ3n) is 2.68. The van der Waals surface area contributed by atoms with Gasteiger partial charge in [0.25, 0.3) is 0 Å². The molecule has 0 radical (unpaired) electrons. The van der Waals surface area contributed by atoms with Crippen LogP contribution >= 0.6 is 0 Å². The maximum atomic E-state index is 11.5. The lowest BCUT2D eigenvalue weighted by Gasteiger charge is -2.29. The highest BCUT2D eigenvalue weighted by molar-refractivity contribution is 5.78. The van der Waals surface area contributed by atoms with Gasteiger partial charge in [0.05, 0.1) is 13.2 Å². The normalized spacial score (nSPS) is 21.3. The number of aliphatic hydroxyl groups is 1. The van der Waals surface area contributed by atoms with Gasteiger partial charge < -0.3 is 16.2 Å². The number of nitrogens with two attached hydrogens (primary N) is 1. The van der Waals surface area contributed by atoms with Crippen molar-refractivity contribution in [3.63, 3.8) is 0 Å². The van der Waals surface area contributed by atoms with E-state index in [1.807, 2.05) is 0 Å². The van der Waals surface area contributed by atoms with E-state index in [9.17, 15) is 4.79 Å². The van der Waals surface area contributed by atoms with E-state index < -0.39 is 0 Å². The first-order chi connectivity index (χ1) is 7.11. The van der Waals surface area contributed by atoms with Crippen LogP contribution in [0.4, 0.5) is 0 Å². The maximum Gasteiger partial charge on any atom is 0.234 e. The Hall–Kier alpha value is -0.650. The number of nitrogens with zero attached hydrogens (tertiary/aromatic N) is 1. The number of carbonyl (C=O) groups is 1. The molecule has 88 valence electrons. The first-order valence-corrected chi connectivity index (χ1v) is 5.50. The summed E-state index contributed by atoms with van der Waals surface area (Å²) in [5.41, 5.74) is 5.77. The van der Waals surface area contributed by atoms with Crippen LogP contribution < -0.4 is 11.1 Å². The number of hydrogen-bond donors (Lipinski definition) is 3. The molecule has 1 fully saturated rings. The molecule has 15 heavy (non-hydrogen) atoms. The van der Waals surface area contributed by atoms with E-state index >= 15 is 0 Å². The summed E-state index contributed by atoms with van der Waals surface area (Å²) >= 11 is 0. The number of aliphatic hydroxyl groups excluding tert-OH is 1. The van der Waals surface area contributed by atoms with Crippen LogP contribution in [0.2, 0.25) is 0 Å². The molecule has 0 aromatic carbocycles. The van der Waals surface area contributed by atoms with E-state index in [0.717, 1.165) is 25.9 Å². The molecule has 1 heterocycles. The van der Waals surface area contributed by atoms with Crippen molar-refractivity contribution in [1.29, 1.82) is 0 Å². The number of hydrogen-bond acceptors (Lipinski definition) is 4. The summed E-state index contributed by atoms with van der Waals surface area (Å²) in [4.78, 5) is 13.6. The van der Waals surface area contributed by atoms with Crippen LogP contribution in [0.15, 0.2) is 0 Å². The lowest BCUT2D eigenvalue weighted by Crippen LogP contribution is -2.46. The molecule has 1 saturated heterocycles. The highest BCUT2D eigenvalue weighted by Crippen LogP contribution is 2.07. The van der Waals surface area contributed by atoms with Crippen molar-refractivity contribution in [2.45, 2.75) is 31.8 Å². The molecule has 5 nitrogen and oxygen atoms in total. The van der Waals surface area contributed by atoms with Gasteiger partial charge in [-0.25, -0.2) is 0 Å². The second-order valence-corrected chi connectivity index (χ2v) is 4.26. The number of amides is 1. The van der Waals surface area contributed by atoms with Gasteiger partial charge in [-0.15, -0.1) is 0 Å². The highest BCUT2D eigenvalue weighted by atomic mass is 16.3. The summed E-state index contributed by atoms with van der Waals surface area (Å²) < 4.78 is 0. The smallest absolute Gasteiger partial charge is 0.234 e. The Balaban J connectivity index is 2.20. The molecule has 0 aromatic heterocycles. The summed E-state index contributed by atoms with van der Waals surface area (Å²) in [7, 11) is 0. The predicted molar refractivity (Wildman–Crippen MR) is 58.3 cm³/mol. The van der Waals surface area contributed by atoms with Crippen LogP contribution in [0.1, 0.15) is 19.8 Å². The molecule has 1 rings (SSSR count). The van der Waals surface area contributed by atoms with E-state index in [1.54, 1.807) is 6.92 Å². The molecule has 4 N–H and O–H groups in total. The summed E-state index contributed by atoms with van der Waals surface area (Å²) in [6.07, 6.45) is 1.92. The van der Waals surface area contributed by atoms with Gasteiger partial charge in [-0.1, -0.05) is 0 Å². The van der Waals surface area contributed by atoms with Crippen molar-refractivity contribution in [1.82, 2.24) is 10.2 Å². The van der Waals surface area contributed by atoms with Crippen LogP contribution in [0.25, 0.3) is 0 Å². The van der Waals surface area contributed by atoms with Crippen LogP contribution in [0.3, 0.4) is 0 Å². The lowest BCUT2D eigenvalue weighted by molar-refractivity contribution is -0.123. The number of piperidine rings is 1. The van der Waals surface area contributed by atoms with Crippen molar-refractivity contribution in [3.05, 3.63) is 0 Å². The van der Waals surface area contributed by atoms with Crippen molar-refractivity contribution >= 4 is 5.91 Å². The fraction of sp³-hybridized carbons (Fsp3) is 0.900. The number of likely N-dealkylation sites (tertiary alicyclic amines) is 1. The standard InChI is InChI=1S/C10H21N3O2/c1-8(7-14)12-10(15)6-13-4-2-9(11)3-5-13/h8-9,14H,2-7,11H2,1H3,(H,12,15)/t8-/m0/s1. The van der Waals surface area contributed by atoms with Gasteiger partial charge in [-0.3, -0.25) is 9.69 Å². The van der Waals surface area contributed by atoms with Crippen molar-refractivity contribution in [2.24, 2.45) is 5.73 Å². The molecule has 1 atom stereocenters. The Labute approximate surface area is 90.6 Å². The number of rotatable bonds is 4. The second-order valence-electron chi connectivity index (χ2n) is 4.26. The minimum atomic E-state index is -0.162. The third-order valence-corrected chi connectivity index (χ3v) is 2.68. The quantitative estimate of drug-likeness (QED) is 0.556. The lowest BCUT2D eigenvalue weighted by atomic mass is 10.1. The third kappa shape index (κ3) is 4.59. The number of carbonyl (C=O) groups excluding carboxylic acids is 1. The molecule has 0 unspecified atom stereocenters. The van der Waals surface area contributed by atoms with E-state index in [0.29, 0.717) is 12.6 Å². The first kappa shape index (κ1) is 12.4. The van der Waals surface area contributed by atoms with E-state index in [4.69, 9.17) is 10.8 Å². The first-order valence-electron chi connectivity index (χ1n) is 5.50. The van der Waals surface area contributed by atoms with Crippen molar-refractivity contribution < 1.29 is 9.90 Å². The van der Waals surface area contributed by atoms with Gasteiger partial charge in [0, 0.05) is 25.2 Å². The monoisotopic (exact) mass is 215 g/mol. The van der Waals surface area contributed by atoms with Gasteiger partial charge in [-0.05, 0) is 19.8 Å². The van der Waals surface area contributed by atoms with Crippen molar-refractivity contribution in [2.75, 3.05) is 26.2 Å². The fourth-order valence-electron chi connectivity index (χ4n) is 1.68.